The first-order valence-corrected chi connectivity index (χ1v) is 7.58. The van der Waals surface area contributed by atoms with Crippen LogP contribution in [0.3, 0.4) is 0 Å². The van der Waals surface area contributed by atoms with Crippen LogP contribution in [0.5, 0.6) is 0 Å². The van der Waals surface area contributed by atoms with Gasteiger partial charge >= 0.3 is 11.9 Å². The second-order valence-corrected chi connectivity index (χ2v) is 6.45. The Morgan fingerprint density at radius 2 is 1.91 bits per heavy atom. The molecular formula is C16H17NO4S. The lowest BCUT2D eigenvalue weighted by atomic mass is 9.86. The van der Waals surface area contributed by atoms with E-state index in [1.165, 1.54) is 18.4 Å². The average Bonchev–Trinajstić information content (AvgIpc) is 2.98. The molecule has 0 saturated heterocycles. The van der Waals surface area contributed by atoms with E-state index in [-0.39, 0.29) is 17.1 Å². The van der Waals surface area contributed by atoms with Gasteiger partial charge in [0, 0.05) is 10.8 Å². The van der Waals surface area contributed by atoms with Crippen LogP contribution in [0.2, 0.25) is 0 Å². The summed E-state index contributed by atoms with van der Waals surface area (Å²) in [5, 5.41) is 11.3. The number of carbonyl (C=O) groups excluding carboxylic acids is 1. The van der Waals surface area contributed by atoms with Crippen molar-refractivity contribution >= 4 is 23.3 Å². The molecule has 2 rings (SSSR count). The molecule has 0 spiro atoms. The Bertz CT molecular complexity index is 688. The molecule has 6 heteroatoms. The van der Waals surface area contributed by atoms with E-state index >= 15 is 0 Å². The van der Waals surface area contributed by atoms with E-state index in [0.29, 0.717) is 12.0 Å². The molecule has 0 unspecified atom stereocenters. The van der Waals surface area contributed by atoms with Crippen molar-refractivity contribution in [3.8, 4) is 0 Å². The normalized spacial score (nSPS) is 11.2. The summed E-state index contributed by atoms with van der Waals surface area (Å²) >= 11 is 1.35. The van der Waals surface area contributed by atoms with Crippen molar-refractivity contribution in [3.63, 3.8) is 0 Å². The Balaban J connectivity index is 2.16. The Kier molecular flexibility index (Phi) is 4.61. The summed E-state index contributed by atoms with van der Waals surface area (Å²) in [6, 6.07) is 7.20. The SMILES string of the molecule is COC(=O)c1ccc(CC(C)(C)c2nc(C(=O)O)cs2)cc1. The van der Waals surface area contributed by atoms with Crippen molar-refractivity contribution in [1.29, 1.82) is 0 Å². The van der Waals surface area contributed by atoms with Gasteiger partial charge in [-0.1, -0.05) is 26.0 Å². The van der Waals surface area contributed by atoms with E-state index in [0.717, 1.165) is 10.6 Å². The van der Waals surface area contributed by atoms with Gasteiger partial charge in [-0.2, -0.15) is 0 Å². The fraction of sp³-hybridized carbons (Fsp3) is 0.312. The number of hydrogen-bond donors (Lipinski definition) is 1. The molecule has 0 amide bonds. The van der Waals surface area contributed by atoms with Crippen molar-refractivity contribution < 1.29 is 19.4 Å². The molecule has 1 aromatic carbocycles. The number of carboxylic acid groups (broad SMARTS) is 1. The first-order chi connectivity index (χ1) is 10.3. The summed E-state index contributed by atoms with van der Waals surface area (Å²) in [5.74, 6) is -1.38. The lowest BCUT2D eigenvalue weighted by Gasteiger charge is -2.22. The Morgan fingerprint density at radius 3 is 2.41 bits per heavy atom. The second-order valence-electron chi connectivity index (χ2n) is 5.59. The lowest BCUT2D eigenvalue weighted by molar-refractivity contribution is 0.0599. The van der Waals surface area contributed by atoms with E-state index < -0.39 is 5.97 Å². The van der Waals surface area contributed by atoms with Crippen LogP contribution in [0.25, 0.3) is 0 Å². The van der Waals surface area contributed by atoms with E-state index in [1.807, 2.05) is 26.0 Å². The average molecular weight is 319 g/mol. The van der Waals surface area contributed by atoms with Crippen molar-refractivity contribution in [2.75, 3.05) is 7.11 Å². The van der Waals surface area contributed by atoms with Crippen LogP contribution in [0.4, 0.5) is 0 Å². The van der Waals surface area contributed by atoms with Gasteiger partial charge in [-0.05, 0) is 24.1 Å². The van der Waals surface area contributed by atoms with Gasteiger partial charge < -0.3 is 9.84 Å². The predicted octanol–water partition coefficient (Wildman–Crippen LogP) is 3.15. The monoisotopic (exact) mass is 319 g/mol. The van der Waals surface area contributed by atoms with Crippen LogP contribution in [0.15, 0.2) is 29.6 Å². The van der Waals surface area contributed by atoms with Gasteiger partial charge in [0.1, 0.15) is 0 Å². The highest BCUT2D eigenvalue weighted by Crippen LogP contribution is 2.30. The number of carboxylic acids is 1. The van der Waals surface area contributed by atoms with Crippen molar-refractivity contribution in [2.45, 2.75) is 25.7 Å². The van der Waals surface area contributed by atoms with Gasteiger partial charge in [0.25, 0.3) is 0 Å². The van der Waals surface area contributed by atoms with Gasteiger partial charge in [-0.25, -0.2) is 14.6 Å². The number of thiazole rings is 1. The number of esters is 1. The Hall–Kier alpha value is -2.21. The molecule has 2 aromatic rings. The second kappa shape index (κ2) is 6.27. The minimum atomic E-state index is -1.01. The summed E-state index contributed by atoms with van der Waals surface area (Å²) < 4.78 is 4.67. The fourth-order valence-corrected chi connectivity index (χ4v) is 3.06. The van der Waals surface area contributed by atoms with Crippen molar-refractivity contribution in [1.82, 2.24) is 4.98 Å². The number of nitrogens with zero attached hydrogens (tertiary/aromatic N) is 1. The molecule has 1 N–H and O–H groups in total. The Morgan fingerprint density at radius 1 is 1.27 bits per heavy atom. The van der Waals surface area contributed by atoms with Crippen LogP contribution < -0.4 is 0 Å². The molecular weight excluding hydrogens is 302 g/mol. The minimum Gasteiger partial charge on any atom is -0.476 e. The molecule has 1 aromatic heterocycles. The van der Waals surface area contributed by atoms with E-state index in [2.05, 4.69) is 9.72 Å². The number of aromatic nitrogens is 1. The standard InChI is InChI=1S/C16H17NO4S/c1-16(2,15-17-12(9-22-15)13(18)19)8-10-4-6-11(7-5-10)14(20)21-3/h4-7,9H,8H2,1-3H3,(H,18,19). The summed E-state index contributed by atoms with van der Waals surface area (Å²) in [5.41, 5.74) is 1.34. The summed E-state index contributed by atoms with van der Waals surface area (Å²) in [6.45, 7) is 4.04. The number of ether oxygens (including phenoxy) is 1. The topological polar surface area (TPSA) is 76.5 Å². The number of aromatic carboxylic acids is 1. The lowest BCUT2D eigenvalue weighted by Crippen LogP contribution is -2.20. The van der Waals surface area contributed by atoms with E-state index in [9.17, 15) is 9.59 Å². The molecule has 0 bridgehead atoms. The highest BCUT2D eigenvalue weighted by atomic mass is 32.1. The maximum atomic E-state index is 11.4. The number of carbonyl (C=O) groups is 2. The van der Waals surface area contributed by atoms with Gasteiger partial charge in [0.05, 0.1) is 17.7 Å². The summed E-state index contributed by atoms with van der Waals surface area (Å²) in [6.07, 6.45) is 0.695. The fourth-order valence-electron chi connectivity index (χ4n) is 2.15. The highest BCUT2D eigenvalue weighted by Gasteiger charge is 2.26. The quantitative estimate of drug-likeness (QED) is 0.857. The third-order valence-electron chi connectivity index (χ3n) is 3.32. The number of hydrogen-bond acceptors (Lipinski definition) is 5. The van der Waals surface area contributed by atoms with Crippen LogP contribution in [-0.2, 0) is 16.6 Å². The zero-order valence-corrected chi connectivity index (χ0v) is 13.4. The first-order valence-electron chi connectivity index (χ1n) is 6.70. The highest BCUT2D eigenvalue weighted by molar-refractivity contribution is 7.10. The largest absolute Gasteiger partial charge is 0.476 e. The zero-order chi connectivity index (χ0) is 16.3. The molecule has 0 saturated carbocycles. The van der Waals surface area contributed by atoms with Crippen LogP contribution in [0.1, 0.15) is 45.3 Å². The van der Waals surface area contributed by atoms with E-state index in [4.69, 9.17) is 5.11 Å². The molecule has 22 heavy (non-hydrogen) atoms. The molecule has 0 aliphatic carbocycles. The number of rotatable bonds is 5. The van der Waals surface area contributed by atoms with Crippen LogP contribution in [-0.4, -0.2) is 29.1 Å². The number of methoxy groups -OCH3 is 1. The van der Waals surface area contributed by atoms with Crippen molar-refractivity contribution in [2.24, 2.45) is 0 Å². The molecule has 0 aliphatic heterocycles. The molecule has 0 radical (unpaired) electrons. The van der Waals surface area contributed by atoms with Gasteiger partial charge in [0.15, 0.2) is 5.69 Å². The molecule has 1 heterocycles. The summed E-state index contributed by atoms with van der Waals surface area (Å²) in [4.78, 5) is 26.5. The van der Waals surface area contributed by atoms with Gasteiger partial charge in [-0.15, -0.1) is 11.3 Å². The smallest absolute Gasteiger partial charge is 0.355 e. The first kappa shape index (κ1) is 16.2. The van der Waals surface area contributed by atoms with Crippen LogP contribution in [0, 0.1) is 0 Å². The molecule has 0 atom stereocenters. The predicted molar refractivity (Wildman–Crippen MR) is 83.6 cm³/mol. The third kappa shape index (κ3) is 3.51. The molecule has 0 fully saturated rings. The Labute approximate surface area is 132 Å². The van der Waals surface area contributed by atoms with E-state index in [1.54, 1.807) is 17.5 Å². The summed E-state index contributed by atoms with van der Waals surface area (Å²) in [7, 11) is 1.35. The maximum absolute atomic E-state index is 11.4. The zero-order valence-electron chi connectivity index (χ0n) is 12.6. The molecule has 0 aliphatic rings. The maximum Gasteiger partial charge on any atom is 0.355 e. The van der Waals surface area contributed by atoms with Crippen molar-refractivity contribution in [3.05, 3.63) is 51.5 Å². The van der Waals surface area contributed by atoms with Gasteiger partial charge in [-0.3, -0.25) is 0 Å². The van der Waals surface area contributed by atoms with Gasteiger partial charge in [0.2, 0.25) is 0 Å². The number of benzene rings is 1. The minimum absolute atomic E-state index is 0.0779. The molecule has 5 nitrogen and oxygen atoms in total. The third-order valence-corrected chi connectivity index (χ3v) is 4.53. The molecule has 116 valence electrons. The van der Waals surface area contributed by atoms with Crippen LogP contribution >= 0.6 is 11.3 Å².